The molecule has 4 aromatic rings. The highest BCUT2D eigenvalue weighted by atomic mass is 16.7. The average Bonchev–Trinajstić information content (AvgIpc) is 3.28. The third-order valence-electron chi connectivity index (χ3n) is 4.56. The van der Waals surface area contributed by atoms with Crippen molar-refractivity contribution in [3.8, 4) is 34.0 Å². The maximum Gasteiger partial charge on any atom is 0.263 e. The molecule has 0 amide bonds. The minimum Gasteiger partial charge on any atom is -0.454 e. The summed E-state index contributed by atoms with van der Waals surface area (Å²) in [7, 11) is 0. The minimum absolute atomic E-state index is 0.240. The second kappa shape index (κ2) is 8.00. The number of hydrogen-bond donors (Lipinski definition) is 1. The smallest absolute Gasteiger partial charge is 0.263 e. The van der Waals surface area contributed by atoms with E-state index in [4.69, 9.17) is 9.47 Å². The van der Waals surface area contributed by atoms with Gasteiger partial charge in [0.1, 0.15) is 11.4 Å². The fourth-order valence-corrected chi connectivity index (χ4v) is 3.12. The lowest BCUT2D eigenvalue weighted by molar-refractivity contribution is 0.174. The van der Waals surface area contributed by atoms with Gasteiger partial charge in [0.25, 0.3) is 5.95 Å². The zero-order chi connectivity index (χ0) is 20.2. The van der Waals surface area contributed by atoms with Crippen molar-refractivity contribution in [2.24, 2.45) is 5.10 Å². The van der Waals surface area contributed by atoms with Crippen molar-refractivity contribution in [2.45, 2.75) is 0 Å². The summed E-state index contributed by atoms with van der Waals surface area (Å²) < 4.78 is 10.7. The number of aromatic nitrogens is 3. The molecule has 5 rings (SSSR count). The summed E-state index contributed by atoms with van der Waals surface area (Å²) in [5, 5.41) is 12.9. The van der Waals surface area contributed by atoms with Crippen molar-refractivity contribution in [1.82, 2.24) is 15.2 Å². The Morgan fingerprint density at radius 1 is 0.767 bits per heavy atom. The van der Waals surface area contributed by atoms with Crippen LogP contribution in [0.5, 0.6) is 11.5 Å². The van der Waals surface area contributed by atoms with Gasteiger partial charge in [-0.25, -0.2) is 10.4 Å². The molecule has 1 aliphatic rings. The molecule has 0 fully saturated rings. The molecule has 7 heteroatoms. The van der Waals surface area contributed by atoms with Gasteiger partial charge < -0.3 is 9.47 Å². The molecule has 7 nitrogen and oxygen atoms in total. The predicted octanol–water partition coefficient (Wildman–Crippen LogP) is 4.38. The summed E-state index contributed by atoms with van der Waals surface area (Å²) in [6.07, 6.45) is 1.67. The lowest BCUT2D eigenvalue weighted by atomic mass is 10.0. The number of nitrogens with one attached hydrogen (secondary N) is 1. The molecular weight excluding hydrogens is 378 g/mol. The van der Waals surface area contributed by atoms with Gasteiger partial charge in [-0.15, -0.1) is 10.2 Å². The molecular formula is C23H17N5O2. The van der Waals surface area contributed by atoms with Gasteiger partial charge in [-0.2, -0.15) is 5.10 Å². The Labute approximate surface area is 173 Å². The van der Waals surface area contributed by atoms with Gasteiger partial charge in [-0.1, -0.05) is 60.7 Å². The first-order valence-electron chi connectivity index (χ1n) is 9.41. The maximum absolute atomic E-state index is 5.38. The standard InChI is InChI=1S/C23H17N5O2/c1-3-7-17(8-4-1)21-22(18-9-5-2-6-10-18)26-28-23(25-21)27-24-14-16-11-12-19-20(13-16)30-15-29-19/h1-14H,15H2,(H,25,27,28)/b24-14+. The van der Waals surface area contributed by atoms with Gasteiger partial charge in [-0.3, -0.25) is 0 Å². The first kappa shape index (κ1) is 17.8. The van der Waals surface area contributed by atoms with Crippen LogP contribution in [0.15, 0.2) is 84.0 Å². The molecule has 1 aromatic heterocycles. The van der Waals surface area contributed by atoms with Gasteiger partial charge in [0.05, 0.1) is 6.21 Å². The van der Waals surface area contributed by atoms with Crippen LogP contribution in [-0.2, 0) is 0 Å². The number of ether oxygens (including phenoxy) is 2. The van der Waals surface area contributed by atoms with Crippen LogP contribution in [0.3, 0.4) is 0 Å². The van der Waals surface area contributed by atoms with E-state index in [0.717, 1.165) is 28.1 Å². The number of anilines is 1. The van der Waals surface area contributed by atoms with Crippen LogP contribution in [0.4, 0.5) is 5.95 Å². The highest BCUT2D eigenvalue weighted by molar-refractivity contribution is 5.82. The van der Waals surface area contributed by atoms with E-state index in [1.807, 2.05) is 78.9 Å². The molecule has 0 saturated heterocycles. The zero-order valence-corrected chi connectivity index (χ0v) is 15.9. The summed E-state index contributed by atoms with van der Waals surface area (Å²) in [6.45, 7) is 0.240. The molecule has 30 heavy (non-hydrogen) atoms. The van der Waals surface area contributed by atoms with E-state index in [-0.39, 0.29) is 6.79 Å². The van der Waals surface area contributed by atoms with Gasteiger partial charge in [0.15, 0.2) is 11.5 Å². The summed E-state index contributed by atoms with van der Waals surface area (Å²) in [4.78, 5) is 4.67. The second-order valence-electron chi connectivity index (χ2n) is 6.55. The molecule has 0 radical (unpaired) electrons. The van der Waals surface area contributed by atoms with Crippen molar-refractivity contribution in [3.05, 3.63) is 84.4 Å². The van der Waals surface area contributed by atoms with Crippen LogP contribution in [-0.4, -0.2) is 28.2 Å². The first-order valence-corrected chi connectivity index (χ1v) is 9.41. The van der Waals surface area contributed by atoms with Gasteiger partial charge in [-0.05, 0) is 23.8 Å². The number of fused-ring (bicyclic) bond motifs is 1. The van der Waals surface area contributed by atoms with Crippen LogP contribution in [0.1, 0.15) is 5.56 Å². The maximum atomic E-state index is 5.38. The van der Waals surface area contributed by atoms with Crippen LogP contribution in [0.25, 0.3) is 22.5 Å². The van der Waals surface area contributed by atoms with E-state index >= 15 is 0 Å². The quantitative estimate of drug-likeness (QED) is 0.399. The van der Waals surface area contributed by atoms with Gasteiger partial charge in [0, 0.05) is 11.1 Å². The first-order chi connectivity index (χ1) is 14.9. The van der Waals surface area contributed by atoms with Crippen molar-refractivity contribution in [2.75, 3.05) is 12.2 Å². The van der Waals surface area contributed by atoms with Gasteiger partial charge >= 0.3 is 0 Å². The summed E-state index contributed by atoms with van der Waals surface area (Å²) >= 11 is 0. The SMILES string of the molecule is C(=N\Nc1nnc(-c2ccccc2)c(-c2ccccc2)n1)/c1ccc2c(c1)OCO2. The van der Waals surface area contributed by atoms with E-state index < -0.39 is 0 Å². The lowest BCUT2D eigenvalue weighted by Gasteiger charge is -2.09. The Kier molecular flexibility index (Phi) is 4.75. The van der Waals surface area contributed by atoms with Crippen molar-refractivity contribution in [1.29, 1.82) is 0 Å². The lowest BCUT2D eigenvalue weighted by Crippen LogP contribution is -2.03. The molecule has 0 spiro atoms. The van der Waals surface area contributed by atoms with E-state index in [9.17, 15) is 0 Å². The van der Waals surface area contributed by atoms with Crippen LogP contribution < -0.4 is 14.9 Å². The number of hydrazone groups is 1. The van der Waals surface area contributed by atoms with Crippen LogP contribution in [0.2, 0.25) is 0 Å². The van der Waals surface area contributed by atoms with E-state index in [1.54, 1.807) is 6.21 Å². The summed E-state index contributed by atoms with van der Waals surface area (Å²) in [5.74, 6) is 1.75. The fraction of sp³-hybridized carbons (Fsp3) is 0.0435. The van der Waals surface area contributed by atoms with E-state index in [2.05, 4.69) is 25.7 Å². The number of hydrogen-bond acceptors (Lipinski definition) is 7. The molecule has 0 bridgehead atoms. The van der Waals surface area contributed by atoms with Crippen molar-refractivity contribution >= 4 is 12.2 Å². The zero-order valence-electron chi connectivity index (χ0n) is 15.9. The fourth-order valence-electron chi connectivity index (χ4n) is 3.12. The number of rotatable bonds is 5. The predicted molar refractivity (Wildman–Crippen MR) is 114 cm³/mol. The second-order valence-corrected chi connectivity index (χ2v) is 6.55. The molecule has 146 valence electrons. The molecule has 0 atom stereocenters. The summed E-state index contributed by atoms with van der Waals surface area (Å²) in [6, 6.07) is 25.4. The Bertz CT molecular complexity index is 1200. The van der Waals surface area contributed by atoms with Crippen molar-refractivity contribution < 1.29 is 9.47 Å². The average molecular weight is 395 g/mol. The van der Waals surface area contributed by atoms with E-state index in [1.165, 1.54) is 0 Å². The molecule has 1 N–H and O–H groups in total. The Hall–Kier alpha value is -4.26. The molecule has 0 aliphatic carbocycles. The normalized spacial score (nSPS) is 12.3. The van der Waals surface area contributed by atoms with Crippen LogP contribution >= 0.6 is 0 Å². The highest BCUT2D eigenvalue weighted by Gasteiger charge is 2.14. The molecule has 3 aromatic carbocycles. The number of benzene rings is 3. The molecule has 1 aliphatic heterocycles. The Morgan fingerprint density at radius 2 is 1.47 bits per heavy atom. The molecule has 2 heterocycles. The highest BCUT2D eigenvalue weighted by Crippen LogP contribution is 2.32. The van der Waals surface area contributed by atoms with E-state index in [0.29, 0.717) is 17.4 Å². The third kappa shape index (κ3) is 3.68. The van der Waals surface area contributed by atoms with Crippen molar-refractivity contribution in [3.63, 3.8) is 0 Å². The third-order valence-corrected chi connectivity index (χ3v) is 4.56. The number of nitrogens with zero attached hydrogens (tertiary/aromatic N) is 4. The largest absolute Gasteiger partial charge is 0.454 e. The van der Waals surface area contributed by atoms with Gasteiger partial charge in [0.2, 0.25) is 6.79 Å². The Morgan fingerprint density at radius 3 is 2.23 bits per heavy atom. The Balaban J connectivity index is 1.43. The molecule has 0 saturated carbocycles. The summed E-state index contributed by atoms with van der Waals surface area (Å²) in [5.41, 5.74) is 7.08. The minimum atomic E-state index is 0.240. The monoisotopic (exact) mass is 395 g/mol. The van der Waals surface area contributed by atoms with Crippen LogP contribution in [0, 0.1) is 0 Å². The molecule has 0 unspecified atom stereocenters. The topological polar surface area (TPSA) is 81.5 Å².